The molecule has 0 aromatic heterocycles. The first kappa shape index (κ1) is 16.4. The highest BCUT2D eigenvalue weighted by Gasteiger charge is 2.26. The van der Waals surface area contributed by atoms with Crippen LogP contribution in [0.25, 0.3) is 0 Å². The third-order valence-electron chi connectivity index (χ3n) is 2.29. The van der Waals surface area contributed by atoms with Crippen molar-refractivity contribution >= 4 is 21.9 Å². The molecule has 2 atom stereocenters. The Balaban J connectivity index is 2.97. The SMILES string of the molecule is COCO[C@@H](c1ccccc1Cl)[C@H](C)OS(N)(=O)=O. The molecule has 0 unspecified atom stereocenters. The van der Waals surface area contributed by atoms with Gasteiger partial charge in [-0.1, -0.05) is 29.8 Å². The van der Waals surface area contributed by atoms with Gasteiger partial charge in [0.1, 0.15) is 19.0 Å². The van der Waals surface area contributed by atoms with Crippen molar-refractivity contribution in [3.05, 3.63) is 34.9 Å². The number of hydrogen-bond donors (Lipinski definition) is 1. The molecule has 0 radical (unpaired) electrons. The summed E-state index contributed by atoms with van der Waals surface area (Å²) in [4.78, 5) is 0. The Bertz CT molecular complexity index is 508. The molecule has 0 aliphatic rings. The summed E-state index contributed by atoms with van der Waals surface area (Å²) < 4.78 is 36.9. The molecular formula is C11H16ClNO5S. The summed E-state index contributed by atoms with van der Waals surface area (Å²) >= 11 is 6.06. The number of hydrogen-bond acceptors (Lipinski definition) is 5. The molecule has 0 bridgehead atoms. The zero-order valence-electron chi connectivity index (χ0n) is 10.6. The van der Waals surface area contributed by atoms with E-state index in [9.17, 15) is 8.42 Å². The topological polar surface area (TPSA) is 87.8 Å². The second-order valence-corrected chi connectivity index (χ2v) is 5.39. The van der Waals surface area contributed by atoms with E-state index in [1.165, 1.54) is 14.0 Å². The molecule has 19 heavy (non-hydrogen) atoms. The van der Waals surface area contributed by atoms with Crippen molar-refractivity contribution in [1.82, 2.24) is 0 Å². The first-order valence-corrected chi connectivity index (χ1v) is 7.26. The molecule has 0 saturated heterocycles. The molecule has 0 saturated carbocycles. The van der Waals surface area contributed by atoms with Gasteiger partial charge in [-0.15, -0.1) is 0 Å². The van der Waals surface area contributed by atoms with Gasteiger partial charge < -0.3 is 9.47 Å². The Morgan fingerprint density at radius 3 is 2.53 bits per heavy atom. The van der Waals surface area contributed by atoms with E-state index in [0.29, 0.717) is 10.6 Å². The Morgan fingerprint density at radius 2 is 2.00 bits per heavy atom. The number of halogens is 1. The zero-order chi connectivity index (χ0) is 14.5. The molecule has 0 aliphatic carbocycles. The van der Waals surface area contributed by atoms with Crippen molar-refractivity contribution in [2.75, 3.05) is 13.9 Å². The standard InChI is InChI=1S/C11H16ClNO5S/c1-8(18-19(13,14)15)11(17-7-16-2)9-5-3-4-6-10(9)12/h3-6,8,11H,7H2,1-2H3,(H2,13,14,15)/t8-,11+/m0/s1. The average Bonchev–Trinajstić information content (AvgIpc) is 2.29. The smallest absolute Gasteiger partial charge is 0.333 e. The lowest BCUT2D eigenvalue weighted by Gasteiger charge is -2.24. The van der Waals surface area contributed by atoms with Crippen LogP contribution in [0, 0.1) is 0 Å². The Kier molecular flexibility index (Phi) is 6.18. The van der Waals surface area contributed by atoms with Crippen molar-refractivity contribution in [1.29, 1.82) is 0 Å². The van der Waals surface area contributed by atoms with Gasteiger partial charge in [-0.05, 0) is 13.0 Å². The van der Waals surface area contributed by atoms with Crippen molar-refractivity contribution in [3.63, 3.8) is 0 Å². The van der Waals surface area contributed by atoms with E-state index >= 15 is 0 Å². The molecule has 0 fully saturated rings. The van der Waals surface area contributed by atoms with Crippen LogP contribution in [0.2, 0.25) is 5.02 Å². The normalized spacial score (nSPS) is 15.2. The van der Waals surface area contributed by atoms with E-state index < -0.39 is 22.5 Å². The average molecular weight is 310 g/mol. The van der Waals surface area contributed by atoms with Gasteiger partial charge in [0.2, 0.25) is 0 Å². The highest BCUT2D eigenvalue weighted by atomic mass is 35.5. The molecule has 0 aliphatic heterocycles. The molecule has 8 heteroatoms. The monoisotopic (exact) mass is 309 g/mol. The summed E-state index contributed by atoms with van der Waals surface area (Å²) in [7, 11) is -2.62. The van der Waals surface area contributed by atoms with Gasteiger partial charge in [0.25, 0.3) is 0 Å². The summed E-state index contributed by atoms with van der Waals surface area (Å²) in [6.45, 7) is 1.49. The van der Waals surface area contributed by atoms with Gasteiger partial charge in [0.05, 0.1) is 0 Å². The second kappa shape index (κ2) is 7.18. The number of benzene rings is 1. The van der Waals surface area contributed by atoms with Gasteiger partial charge in [0, 0.05) is 17.7 Å². The number of ether oxygens (including phenoxy) is 2. The maximum atomic E-state index is 11.0. The van der Waals surface area contributed by atoms with Crippen molar-refractivity contribution in [2.45, 2.75) is 19.1 Å². The van der Waals surface area contributed by atoms with Crippen LogP contribution in [-0.4, -0.2) is 28.4 Å². The Morgan fingerprint density at radius 1 is 1.37 bits per heavy atom. The van der Waals surface area contributed by atoms with Crippen molar-refractivity contribution < 1.29 is 22.1 Å². The fraction of sp³-hybridized carbons (Fsp3) is 0.455. The molecule has 6 nitrogen and oxygen atoms in total. The summed E-state index contributed by atoms with van der Waals surface area (Å²) in [6, 6.07) is 6.90. The predicted octanol–water partition coefficient (Wildman–Crippen LogP) is 1.61. The number of rotatable bonds is 7. The van der Waals surface area contributed by atoms with Gasteiger partial charge in [-0.3, -0.25) is 4.18 Å². The van der Waals surface area contributed by atoms with Crippen LogP contribution in [0.3, 0.4) is 0 Å². The summed E-state index contributed by atoms with van der Waals surface area (Å²) in [6.07, 6.45) is -1.56. The number of methoxy groups -OCH3 is 1. The van der Waals surface area contributed by atoms with Crippen LogP contribution in [-0.2, 0) is 24.0 Å². The molecule has 1 aromatic rings. The minimum Gasteiger partial charge on any atom is -0.359 e. The van der Waals surface area contributed by atoms with E-state index in [-0.39, 0.29) is 6.79 Å². The first-order valence-electron chi connectivity index (χ1n) is 5.41. The summed E-state index contributed by atoms with van der Waals surface area (Å²) in [5, 5.41) is 5.29. The van der Waals surface area contributed by atoms with E-state index in [2.05, 4.69) is 0 Å². The lowest BCUT2D eigenvalue weighted by atomic mass is 10.1. The van der Waals surface area contributed by atoms with E-state index in [4.69, 9.17) is 30.4 Å². The van der Waals surface area contributed by atoms with E-state index in [0.717, 1.165) is 0 Å². The van der Waals surface area contributed by atoms with Crippen LogP contribution in [0.1, 0.15) is 18.6 Å². The maximum Gasteiger partial charge on any atom is 0.333 e. The van der Waals surface area contributed by atoms with E-state index in [1.54, 1.807) is 24.3 Å². The van der Waals surface area contributed by atoms with E-state index in [1.807, 2.05) is 0 Å². The largest absolute Gasteiger partial charge is 0.359 e. The maximum absolute atomic E-state index is 11.0. The molecule has 2 N–H and O–H groups in total. The summed E-state index contributed by atoms with van der Waals surface area (Å²) in [5.41, 5.74) is 0.595. The van der Waals surface area contributed by atoms with Crippen molar-refractivity contribution in [2.24, 2.45) is 5.14 Å². The molecule has 1 rings (SSSR count). The second-order valence-electron chi connectivity index (χ2n) is 3.81. The highest BCUT2D eigenvalue weighted by Crippen LogP contribution is 2.29. The van der Waals surface area contributed by atoms with Crippen LogP contribution in [0.5, 0.6) is 0 Å². The van der Waals surface area contributed by atoms with Gasteiger partial charge >= 0.3 is 10.3 Å². The quantitative estimate of drug-likeness (QED) is 0.773. The minimum atomic E-state index is -4.08. The summed E-state index contributed by atoms with van der Waals surface area (Å²) in [5.74, 6) is 0. The Labute approximate surface area is 117 Å². The number of nitrogens with two attached hydrogens (primary N) is 1. The fourth-order valence-electron chi connectivity index (χ4n) is 1.59. The lowest BCUT2D eigenvalue weighted by molar-refractivity contribution is -0.104. The van der Waals surface area contributed by atoms with Crippen LogP contribution >= 0.6 is 11.6 Å². The van der Waals surface area contributed by atoms with Gasteiger partial charge in [-0.25, -0.2) is 5.14 Å². The Hall–Kier alpha value is -0.700. The third-order valence-corrected chi connectivity index (χ3v) is 3.21. The molecular weight excluding hydrogens is 294 g/mol. The third kappa shape index (κ3) is 5.43. The first-order chi connectivity index (χ1) is 8.85. The van der Waals surface area contributed by atoms with Crippen LogP contribution in [0.4, 0.5) is 0 Å². The zero-order valence-corrected chi connectivity index (χ0v) is 12.1. The predicted molar refractivity (Wildman–Crippen MR) is 70.8 cm³/mol. The highest BCUT2D eigenvalue weighted by molar-refractivity contribution is 7.84. The molecule has 0 heterocycles. The van der Waals surface area contributed by atoms with Crippen molar-refractivity contribution in [3.8, 4) is 0 Å². The van der Waals surface area contributed by atoms with Crippen LogP contribution < -0.4 is 5.14 Å². The molecule has 0 spiro atoms. The molecule has 1 aromatic carbocycles. The molecule has 108 valence electrons. The van der Waals surface area contributed by atoms with Crippen LogP contribution in [0.15, 0.2) is 24.3 Å². The fourth-order valence-corrected chi connectivity index (χ4v) is 2.35. The minimum absolute atomic E-state index is 0.0335. The molecule has 0 amide bonds. The van der Waals surface area contributed by atoms with Gasteiger partial charge in [-0.2, -0.15) is 8.42 Å². The lowest BCUT2D eigenvalue weighted by Crippen LogP contribution is -2.29. The van der Waals surface area contributed by atoms with Gasteiger partial charge in [0.15, 0.2) is 0 Å².